The van der Waals surface area contributed by atoms with Crippen molar-refractivity contribution in [3.63, 3.8) is 0 Å². The molecule has 1 aromatic carbocycles. The Hall–Kier alpha value is -0.820. The van der Waals surface area contributed by atoms with Gasteiger partial charge in [-0.3, -0.25) is 4.90 Å². The van der Waals surface area contributed by atoms with Gasteiger partial charge in [0, 0.05) is 12.6 Å². The van der Waals surface area contributed by atoms with Crippen LogP contribution in [0.5, 0.6) is 0 Å². The van der Waals surface area contributed by atoms with Gasteiger partial charge in [-0.2, -0.15) is 0 Å². The van der Waals surface area contributed by atoms with E-state index in [1.807, 2.05) is 0 Å². The zero-order valence-corrected chi connectivity index (χ0v) is 10.5. The molecule has 1 nitrogen and oxygen atoms in total. The maximum Gasteiger partial charge on any atom is 0.0319 e. The van der Waals surface area contributed by atoms with Crippen molar-refractivity contribution in [1.82, 2.24) is 4.90 Å². The second-order valence-electron chi connectivity index (χ2n) is 5.00. The number of hydrogen-bond donors (Lipinski definition) is 0. The third-order valence-electron chi connectivity index (χ3n) is 3.96. The fraction of sp³-hybridized carbons (Fsp3) is 0.600. The van der Waals surface area contributed by atoms with E-state index in [9.17, 15) is 0 Å². The summed E-state index contributed by atoms with van der Waals surface area (Å²) in [6.07, 6.45) is 4.13. The van der Waals surface area contributed by atoms with Gasteiger partial charge in [-0.15, -0.1) is 0 Å². The molecule has 16 heavy (non-hydrogen) atoms. The highest BCUT2D eigenvalue weighted by molar-refractivity contribution is 5.18. The third kappa shape index (κ3) is 2.65. The maximum absolute atomic E-state index is 2.65. The third-order valence-corrected chi connectivity index (χ3v) is 3.96. The molecule has 1 aromatic rings. The van der Waals surface area contributed by atoms with Crippen LogP contribution in [0.1, 0.15) is 44.7 Å². The quantitative estimate of drug-likeness (QED) is 0.743. The summed E-state index contributed by atoms with van der Waals surface area (Å²) in [6.45, 7) is 7.22. The SMILES string of the molecule is CCC1CCCN(C(C)c2ccccc2)C1. The Morgan fingerprint density at radius 1 is 1.31 bits per heavy atom. The van der Waals surface area contributed by atoms with Gasteiger partial charge in [0.15, 0.2) is 0 Å². The van der Waals surface area contributed by atoms with E-state index in [4.69, 9.17) is 0 Å². The van der Waals surface area contributed by atoms with Crippen LogP contribution in [0.4, 0.5) is 0 Å². The molecule has 0 aromatic heterocycles. The van der Waals surface area contributed by atoms with E-state index in [1.54, 1.807) is 0 Å². The first kappa shape index (κ1) is 11.7. The van der Waals surface area contributed by atoms with Crippen molar-refractivity contribution in [1.29, 1.82) is 0 Å². The monoisotopic (exact) mass is 217 g/mol. The minimum atomic E-state index is 0.579. The van der Waals surface area contributed by atoms with Crippen molar-refractivity contribution in [3.8, 4) is 0 Å². The van der Waals surface area contributed by atoms with E-state index in [2.05, 4.69) is 49.1 Å². The molecule has 0 radical (unpaired) electrons. The predicted molar refractivity (Wildman–Crippen MR) is 69.4 cm³/mol. The summed E-state index contributed by atoms with van der Waals surface area (Å²) in [5.41, 5.74) is 1.46. The van der Waals surface area contributed by atoms with Crippen molar-refractivity contribution in [3.05, 3.63) is 35.9 Å². The summed E-state index contributed by atoms with van der Waals surface area (Å²) < 4.78 is 0. The standard InChI is InChI=1S/C15H23N/c1-3-14-8-7-11-16(12-14)13(2)15-9-5-4-6-10-15/h4-6,9-10,13-14H,3,7-8,11-12H2,1-2H3. The average Bonchev–Trinajstić information content (AvgIpc) is 2.39. The Morgan fingerprint density at radius 2 is 2.06 bits per heavy atom. The summed E-state index contributed by atoms with van der Waals surface area (Å²) in [4.78, 5) is 2.65. The molecule has 88 valence electrons. The maximum atomic E-state index is 2.65. The molecule has 1 fully saturated rings. The lowest BCUT2D eigenvalue weighted by atomic mass is 9.93. The first-order valence-corrected chi connectivity index (χ1v) is 6.60. The molecular formula is C15H23N. The zero-order chi connectivity index (χ0) is 11.4. The van der Waals surface area contributed by atoms with E-state index < -0.39 is 0 Å². The van der Waals surface area contributed by atoms with E-state index in [-0.39, 0.29) is 0 Å². The normalized spacial score (nSPS) is 24.2. The first-order valence-electron chi connectivity index (χ1n) is 6.60. The van der Waals surface area contributed by atoms with Crippen molar-refractivity contribution in [2.45, 2.75) is 39.2 Å². The van der Waals surface area contributed by atoms with Crippen LogP contribution in [-0.2, 0) is 0 Å². The first-order chi connectivity index (χ1) is 7.81. The predicted octanol–water partition coefficient (Wildman–Crippen LogP) is 3.87. The molecule has 0 aliphatic carbocycles. The molecule has 1 aliphatic heterocycles. The van der Waals surface area contributed by atoms with Crippen LogP contribution in [0.3, 0.4) is 0 Å². The highest BCUT2D eigenvalue weighted by Gasteiger charge is 2.22. The molecule has 0 saturated carbocycles. The van der Waals surface area contributed by atoms with Gasteiger partial charge in [0.2, 0.25) is 0 Å². The Kier molecular flexibility index (Phi) is 4.00. The topological polar surface area (TPSA) is 3.24 Å². The highest BCUT2D eigenvalue weighted by Crippen LogP contribution is 2.27. The van der Waals surface area contributed by atoms with Crippen LogP contribution < -0.4 is 0 Å². The number of benzene rings is 1. The van der Waals surface area contributed by atoms with Crippen LogP contribution in [0, 0.1) is 5.92 Å². The lowest BCUT2D eigenvalue weighted by Crippen LogP contribution is -2.37. The summed E-state index contributed by atoms with van der Waals surface area (Å²) in [5.74, 6) is 0.917. The second-order valence-corrected chi connectivity index (χ2v) is 5.00. The number of nitrogens with zero attached hydrogens (tertiary/aromatic N) is 1. The van der Waals surface area contributed by atoms with E-state index in [1.165, 1.54) is 37.9 Å². The Bertz CT molecular complexity index is 306. The number of piperidine rings is 1. The number of hydrogen-bond acceptors (Lipinski definition) is 1. The van der Waals surface area contributed by atoms with Gasteiger partial charge in [0.1, 0.15) is 0 Å². The van der Waals surface area contributed by atoms with Gasteiger partial charge in [-0.1, -0.05) is 43.7 Å². The van der Waals surface area contributed by atoms with Crippen LogP contribution in [-0.4, -0.2) is 18.0 Å². The summed E-state index contributed by atoms with van der Waals surface area (Å²) in [7, 11) is 0. The number of rotatable bonds is 3. The van der Waals surface area contributed by atoms with Crippen molar-refractivity contribution >= 4 is 0 Å². The smallest absolute Gasteiger partial charge is 0.0319 e. The molecule has 2 rings (SSSR count). The Balaban J connectivity index is 2.01. The summed E-state index contributed by atoms with van der Waals surface area (Å²) >= 11 is 0. The number of likely N-dealkylation sites (tertiary alicyclic amines) is 1. The highest BCUT2D eigenvalue weighted by atomic mass is 15.2. The molecule has 2 unspecified atom stereocenters. The molecule has 1 saturated heterocycles. The lowest BCUT2D eigenvalue weighted by molar-refractivity contribution is 0.129. The van der Waals surface area contributed by atoms with Gasteiger partial charge < -0.3 is 0 Å². The van der Waals surface area contributed by atoms with Crippen LogP contribution in [0.15, 0.2) is 30.3 Å². The largest absolute Gasteiger partial charge is 0.296 e. The van der Waals surface area contributed by atoms with Crippen LogP contribution in [0.25, 0.3) is 0 Å². The molecule has 0 spiro atoms. The van der Waals surface area contributed by atoms with E-state index in [0.29, 0.717) is 6.04 Å². The van der Waals surface area contributed by atoms with Gasteiger partial charge in [0.25, 0.3) is 0 Å². The minimum absolute atomic E-state index is 0.579. The van der Waals surface area contributed by atoms with Crippen LogP contribution >= 0.6 is 0 Å². The Labute approximate surface area is 99.5 Å². The Morgan fingerprint density at radius 3 is 2.75 bits per heavy atom. The molecule has 1 heterocycles. The summed E-state index contributed by atoms with van der Waals surface area (Å²) in [5, 5.41) is 0. The zero-order valence-electron chi connectivity index (χ0n) is 10.5. The van der Waals surface area contributed by atoms with Gasteiger partial charge in [-0.25, -0.2) is 0 Å². The molecular weight excluding hydrogens is 194 g/mol. The van der Waals surface area contributed by atoms with Crippen molar-refractivity contribution < 1.29 is 0 Å². The van der Waals surface area contributed by atoms with E-state index >= 15 is 0 Å². The lowest BCUT2D eigenvalue weighted by Gasteiger charge is -2.36. The van der Waals surface area contributed by atoms with Gasteiger partial charge in [-0.05, 0) is 37.8 Å². The van der Waals surface area contributed by atoms with Crippen LogP contribution in [0.2, 0.25) is 0 Å². The average molecular weight is 217 g/mol. The molecule has 1 heteroatoms. The van der Waals surface area contributed by atoms with Gasteiger partial charge >= 0.3 is 0 Å². The van der Waals surface area contributed by atoms with Crippen molar-refractivity contribution in [2.24, 2.45) is 5.92 Å². The molecule has 2 atom stereocenters. The molecule has 0 amide bonds. The molecule has 0 bridgehead atoms. The fourth-order valence-electron chi connectivity index (χ4n) is 2.72. The summed E-state index contributed by atoms with van der Waals surface area (Å²) in [6, 6.07) is 11.5. The van der Waals surface area contributed by atoms with E-state index in [0.717, 1.165) is 5.92 Å². The molecule has 0 N–H and O–H groups in total. The minimum Gasteiger partial charge on any atom is -0.296 e. The van der Waals surface area contributed by atoms with Gasteiger partial charge in [0.05, 0.1) is 0 Å². The fourth-order valence-corrected chi connectivity index (χ4v) is 2.72. The van der Waals surface area contributed by atoms with Crippen molar-refractivity contribution in [2.75, 3.05) is 13.1 Å². The molecule has 1 aliphatic rings. The second kappa shape index (κ2) is 5.49.